The second kappa shape index (κ2) is 12.2. The van der Waals surface area contributed by atoms with Crippen LogP contribution >= 0.6 is 28.6 Å². The molecule has 1 aromatic rings. The predicted octanol–water partition coefficient (Wildman–Crippen LogP) is 3.56. The zero-order valence-corrected chi connectivity index (χ0v) is 18.6. The van der Waals surface area contributed by atoms with Crippen molar-refractivity contribution in [1.29, 1.82) is 0 Å². The molecule has 1 aliphatic heterocycles. The van der Waals surface area contributed by atoms with Crippen molar-refractivity contribution in [2.75, 3.05) is 45.8 Å². The van der Waals surface area contributed by atoms with Crippen LogP contribution in [0.25, 0.3) is 4.91 Å². The summed E-state index contributed by atoms with van der Waals surface area (Å²) in [4.78, 5) is 12.1. The third-order valence-corrected chi connectivity index (χ3v) is 5.85. The van der Waals surface area contributed by atoms with E-state index in [9.17, 15) is 4.79 Å². The topological polar surface area (TPSA) is 68.8 Å². The van der Waals surface area contributed by atoms with Gasteiger partial charge in [-0.25, -0.2) is 4.79 Å². The molecule has 2 N–H and O–H groups in total. The monoisotopic (exact) mass is 470 g/mol. The minimum atomic E-state index is -0.461. The van der Waals surface area contributed by atoms with Crippen LogP contribution in [-0.4, -0.2) is 52.5 Å². The Morgan fingerprint density at radius 1 is 1.36 bits per heavy atom. The summed E-state index contributed by atoms with van der Waals surface area (Å²) in [6, 6.07) is 8.54. The van der Waals surface area contributed by atoms with Crippen molar-refractivity contribution in [2.45, 2.75) is 18.9 Å². The lowest BCUT2D eigenvalue weighted by Gasteiger charge is -2.25. The van der Waals surface area contributed by atoms with Gasteiger partial charge >= 0.3 is 5.97 Å². The van der Waals surface area contributed by atoms with E-state index in [1.807, 2.05) is 12.1 Å². The van der Waals surface area contributed by atoms with Gasteiger partial charge in [-0.3, -0.25) is 0 Å². The average molecular weight is 471 g/mol. The number of piperidine rings is 1. The van der Waals surface area contributed by atoms with Crippen molar-refractivity contribution in [1.82, 2.24) is 5.32 Å². The summed E-state index contributed by atoms with van der Waals surface area (Å²) in [5, 5.41) is 6.96. The van der Waals surface area contributed by atoms with Crippen molar-refractivity contribution in [3.05, 3.63) is 46.1 Å². The molecule has 28 heavy (non-hydrogen) atoms. The van der Waals surface area contributed by atoms with E-state index in [1.165, 1.54) is 7.11 Å². The summed E-state index contributed by atoms with van der Waals surface area (Å²) in [5.74, 6) is 0.00599. The molecule has 0 aromatic heterocycles. The highest BCUT2D eigenvalue weighted by Gasteiger charge is 2.15. The number of carbonyl (C=O) groups is 1. The van der Waals surface area contributed by atoms with Crippen LogP contribution in [0.3, 0.4) is 0 Å². The number of nitrogens with one attached hydrogen (secondary N) is 2. The third kappa shape index (κ3) is 7.16. The van der Waals surface area contributed by atoms with E-state index in [1.54, 1.807) is 13.2 Å². The number of ether oxygens (including phenoxy) is 3. The maximum absolute atomic E-state index is 11.4. The molecule has 0 saturated carbocycles. The van der Waals surface area contributed by atoms with Crippen LogP contribution in [-0.2, 0) is 19.0 Å². The normalized spacial score (nSPS) is 16.4. The molecule has 0 spiro atoms. The van der Waals surface area contributed by atoms with Crippen LogP contribution in [0.5, 0.6) is 0 Å². The van der Waals surface area contributed by atoms with Crippen LogP contribution in [0, 0.1) is 0 Å². The summed E-state index contributed by atoms with van der Waals surface area (Å²) < 4.78 is 15.9. The van der Waals surface area contributed by atoms with Crippen molar-refractivity contribution in [2.24, 2.45) is 0 Å². The van der Waals surface area contributed by atoms with Crippen molar-refractivity contribution < 1.29 is 19.0 Å². The van der Waals surface area contributed by atoms with Gasteiger partial charge in [0.15, 0.2) is 6.61 Å². The third-order valence-electron chi connectivity index (χ3n) is 4.28. The molecule has 1 fully saturated rings. The minimum Gasteiger partial charge on any atom is -0.481 e. The van der Waals surface area contributed by atoms with Crippen LogP contribution < -0.4 is 10.6 Å². The first kappa shape index (κ1) is 22.8. The number of carbonyl (C=O) groups excluding carboxylic acids is 1. The van der Waals surface area contributed by atoms with Gasteiger partial charge in [0.25, 0.3) is 0 Å². The molecule has 0 amide bonds. The number of methoxy groups -OCH3 is 2. The van der Waals surface area contributed by atoms with Crippen molar-refractivity contribution in [3.8, 4) is 0 Å². The van der Waals surface area contributed by atoms with Crippen molar-refractivity contribution >= 4 is 45.1 Å². The maximum Gasteiger partial charge on any atom is 0.343 e. The molecule has 154 valence electrons. The zero-order valence-electron chi connectivity index (χ0n) is 16.2. The number of thiol groups is 1. The van der Waals surface area contributed by atoms with E-state index in [4.69, 9.17) is 9.47 Å². The Balaban J connectivity index is 2.18. The Kier molecular flexibility index (Phi) is 9.91. The Bertz CT molecular complexity index is 718. The Labute approximate surface area is 180 Å². The van der Waals surface area contributed by atoms with E-state index >= 15 is 0 Å². The first-order valence-corrected chi connectivity index (χ1v) is 10.3. The number of allylic oxidation sites excluding steroid dienone is 1. The first-order valence-electron chi connectivity index (χ1n) is 9.10. The fraction of sp³-hybridized carbons (Fsp3) is 0.450. The van der Waals surface area contributed by atoms with Crippen LogP contribution in [0.4, 0.5) is 5.69 Å². The molecule has 0 radical (unpaired) electrons. The SMILES string of the molecule is COC/C=C(OCC(=O)OC)/C(Br)=C(\S)c1cccc(NC2CCNCC2)c1. The maximum atomic E-state index is 11.4. The standard InChI is InChI=1S/C20H27BrN2O4S/c1-25-11-8-17(27-13-18(24)26-2)19(21)20(28)14-4-3-5-16(12-14)23-15-6-9-22-10-7-15/h3-5,8,12,15,22-23,28H,6-7,9-11,13H2,1-2H3/b17-8-,20-19+. The average Bonchev–Trinajstić information content (AvgIpc) is 2.73. The molecule has 1 aliphatic rings. The first-order chi connectivity index (χ1) is 13.5. The molecule has 0 unspecified atom stereocenters. The minimum absolute atomic E-state index is 0.195. The van der Waals surface area contributed by atoms with Gasteiger partial charge in [0.2, 0.25) is 0 Å². The number of hydrogen-bond donors (Lipinski definition) is 3. The summed E-state index contributed by atoms with van der Waals surface area (Å²) in [7, 11) is 2.91. The Morgan fingerprint density at radius 3 is 2.79 bits per heavy atom. The van der Waals surface area contributed by atoms with Gasteiger partial charge in [-0.1, -0.05) is 12.1 Å². The highest BCUT2D eigenvalue weighted by atomic mass is 79.9. The van der Waals surface area contributed by atoms with Gasteiger partial charge in [0.1, 0.15) is 5.76 Å². The Hall–Kier alpha value is -1.48. The lowest BCUT2D eigenvalue weighted by molar-refractivity contribution is -0.144. The van der Waals surface area contributed by atoms with Crippen LogP contribution in [0.1, 0.15) is 18.4 Å². The largest absolute Gasteiger partial charge is 0.481 e. The zero-order chi connectivity index (χ0) is 20.4. The fourth-order valence-corrected chi connectivity index (χ4v) is 3.52. The summed E-state index contributed by atoms with van der Waals surface area (Å²) in [6.45, 7) is 2.21. The van der Waals surface area contributed by atoms with E-state index < -0.39 is 5.97 Å². The highest BCUT2D eigenvalue weighted by Crippen LogP contribution is 2.33. The molecular formula is C20H27BrN2O4S. The van der Waals surface area contributed by atoms with Gasteiger partial charge in [0, 0.05) is 23.7 Å². The number of rotatable bonds is 9. The molecule has 0 aliphatic carbocycles. The lowest BCUT2D eigenvalue weighted by atomic mass is 10.1. The molecule has 6 nitrogen and oxygen atoms in total. The van der Waals surface area contributed by atoms with Gasteiger partial charge in [-0.15, -0.1) is 12.6 Å². The predicted molar refractivity (Wildman–Crippen MR) is 119 cm³/mol. The summed E-state index contributed by atoms with van der Waals surface area (Å²) >= 11 is 8.22. The van der Waals surface area contributed by atoms with E-state index in [0.29, 0.717) is 27.8 Å². The summed E-state index contributed by atoms with van der Waals surface area (Å²) in [5.41, 5.74) is 1.98. The second-order valence-electron chi connectivity index (χ2n) is 6.30. The molecule has 0 bridgehead atoms. The number of anilines is 1. The van der Waals surface area contributed by atoms with E-state index in [2.05, 4.69) is 56.1 Å². The van der Waals surface area contributed by atoms with Crippen LogP contribution in [0.2, 0.25) is 0 Å². The van der Waals surface area contributed by atoms with E-state index in [-0.39, 0.29) is 6.61 Å². The van der Waals surface area contributed by atoms with E-state index in [0.717, 1.165) is 37.2 Å². The van der Waals surface area contributed by atoms with Crippen LogP contribution in [0.15, 0.2) is 40.6 Å². The van der Waals surface area contributed by atoms with Crippen molar-refractivity contribution in [3.63, 3.8) is 0 Å². The fourth-order valence-electron chi connectivity index (χ4n) is 2.77. The smallest absolute Gasteiger partial charge is 0.343 e. The number of esters is 1. The molecule has 0 atom stereocenters. The quantitative estimate of drug-likeness (QED) is 0.222. The molecule has 1 saturated heterocycles. The Morgan fingerprint density at radius 2 is 2.11 bits per heavy atom. The van der Waals surface area contributed by atoms with Gasteiger partial charge in [-0.05, 0) is 65.6 Å². The molecule has 1 aromatic carbocycles. The number of benzene rings is 1. The number of hydrogen-bond acceptors (Lipinski definition) is 7. The highest BCUT2D eigenvalue weighted by molar-refractivity contribution is 9.12. The second-order valence-corrected chi connectivity index (χ2v) is 7.54. The van der Waals surface area contributed by atoms with Gasteiger partial charge in [0.05, 0.1) is 18.2 Å². The molecular weight excluding hydrogens is 444 g/mol. The molecule has 1 heterocycles. The van der Waals surface area contributed by atoms with Gasteiger partial charge < -0.3 is 24.8 Å². The molecule has 8 heteroatoms. The lowest BCUT2D eigenvalue weighted by Crippen LogP contribution is -2.35. The number of halogens is 1. The molecule has 2 rings (SSSR count). The van der Waals surface area contributed by atoms with Gasteiger partial charge in [-0.2, -0.15) is 0 Å². The summed E-state index contributed by atoms with van der Waals surface area (Å²) in [6.07, 6.45) is 3.94.